The third-order valence-corrected chi connectivity index (χ3v) is 4.84. The summed E-state index contributed by atoms with van der Waals surface area (Å²) in [7, 11) is 0. The molecule has 0 bridgehead atoms. The summed E-state index contributed by atoms with van der Waals surface area (Å²) in [6.07, 6.45) is 0. The lowest BCUT2D eigenvalue weighted by atomic mass is 10.2. The van der Waals surface area contributed by atoms with E-state index in [1.54, 1.807) is 28.4 Å². The van der Waals surface area contributed by atoms with E-state index in [1.807, 2.05) is 12.1 Å². The molecule has 2 heterocycles. The number of halogens is 1. The zero-order valence-electron chi connectivity index (χ0n) is 13.6. The standard InChI is InChI=1S/C19H15FN4S/c1-13-2-4-14(5-3-13)12-25-18-11-10-17-21-22-19(24(17)23-18)15-6-8-16(20)9-7-15/h2-11H,12H2,1H3. The third kappa shape index (κ3) is 3.39. The topological polar surface area (TPSA) is 43.1 Å². The maximum atomic E-state index is 13.1. The smallest absolute Gasteiger partial charge is 0.185 e. The van der Waals surface area contributed by atoms with Crippen molar-refractivity contribution in [2.24, 2.45) is 0 Å². The van der Waals surface area contributed by atoms with Gasteiger partial charge in [-0.15, -0.1) is 10.2 Å². The molecule has 6 heteroatoms. The minimum absolute atomic E-state index is 0.278. The van der Waals surface area contributed by atoms with Crippen molar-refractivity contribution in [2.45, 2.75) is 17.7 Å². The molecule has 4 aromatic rings. The van der Waals surface area contributed by atoms with Crippen LogP contribution in [0.25, 0.3) is 17.0 Å². The molecule has 0 aliphatic heterocycles. The Morgan fingerprint density at radius 1 is 0.920 bits per heavy atom. The lowest BCUT2D eigenvalue weighted by Crippen LogP contribution is -1.96. The van der Waals surface area contributed by atoms with Gasteiger partial charge < -0.3 is 0 Å². The van der Waals surface area contributed by atoms with Crippen molar-refractivity contribution < 1.29 is 4.39 Å². The second kappa shape index (κ2) is 6.64. The molecule has 0 radical (unpaired) electrons. The minimum Gasteiger partial charge on any atom is -0.207 e. The largest absolute Gasteiger partial charge is 0.207 e. The summed E-state index contributed by atoms with van der Waals surface area (Å²) in [6, 6.07) is 18.5. The van der Waals surface area contributed by atoms with Crippen LogP contribution in [0, 0.1) is 12.7 Å². The van der Waals surface area contributed by atoms with Gasteiger partial charge in [0.2, 0.25) is 0 Å². The molecule has 0 aliphatic rings. The molecule has 0 N–H and O–H groups in total. The summed E-state index contributed by atoms with van der Waals surface area (Å²) < 4.78 is 14.8. The fraction of sp³-hybridized carbons (Fsp3) is 0.105. The molecule has 0 aliphatic carbocycles. The van der Waals surface area contributed by atoms with E-state index in [1.165, 1.54) is 23.3 Å². The zero-order chi connectivity index (χ0) is 17.2. The van der Waals surface area contributed by atoms with Crippen LogP contribution in [0.5, 0.6) is 0 Å². The van der Waals surface area contributed by atoms with Crippen LogP contribution in [0.15, 0.2) is 65.7 Å². The number of aromatic nitrogens is 4. The summed E-state index contributed by atoms with van der Waals surface area (Å²) in [5.74, 6) is 1.17. The number of fused-ring (bicyclic) bond motifs is 1. The van der Waals surface area contributed by atoms with E-state index >= 15 is 0 Å². The molecule has 4 rings (SSSR count). The highest BCUT2D eigenvalue weighted by molar-refractivity contribution is 7.98. The van der Waals surface area contributed by atoms with E-state index in [0.29, 0.717) is 11.5 Å². The van der Waals surface area contributed by atoms with Crippen molar-refractivity contribution in [3.05, 3.63) is 77.6 Å². The molecular formula is C19H15FN4S. The first kappa shape index (κ1) is 15.8. The normalized spacial score (nSPS) is 11.1. The average molecular weight is 350 g/mol. The lowest BCUT2D eigenvalue weighted by molar-refractivity contribution is 0.628. The van der Waals surface area contributed by atoms with Gasteiger partial charge in [0.15, 0.2) is 11.5 Å². The van der Waals surface area contributed by atoms with Crippen molar-refractivity contribution in [2.75, 3.05) is 0 Å². The highest BCUT2D eigenvalue weighted by Gasteiger charge is 2.10. The van der Waals surface area contributed by atoms with Gasteiger partial charge in [-0.1, -0.05) is 41.6 Å². The third-order valence-electron chi connectivity index (χ3n) is 3.85. The maximum Gasteiger partial charge on any atom is 0.185 e. The summed E-state index contributed by atoms with van der Waals surface area (Å²) in [6.45, 7) is 2.08. The SMILES string of the molecule is Cc1ccc(CSc2ccc3nnc(-c4ccc(F)cc4)n3n2)cc1. The Morgan fingerprint density at radius 2 is 1.68 bits per heavy atom. The number of thioether (sulfide) groups is 1. The predicted molar refractivity (Wildman–Crippen MR) is 96.9 cm³/mol. The molecule has 124 valence electrons. The van der Waals surface area contributed by atoms with Gasteiger partial charge in [-0.05, 0) is 48.9 Å². The summed E-state index contributed by atoms with van der Waals surface area (Å²) in [5.41, 5.74) is 3.95. The van der Waals surface area contributed by atoms with Crippen LogP contribution in [-0.2, 0) is 5.75 Å². The minimum atomic E-state index is -0.278. The Morgan fingerprint density at radius 3 is 2.44 bits per heavy atom. The Kier molecular flexibility index (Phi) is 4.19. The van der Waals surface area contributed by atoms with Crippen LogP contribution in [0.3, 0.4) is 0 Å². The molecule has 0 spiro atoms. The Bertz CT molecular complexity index is 1010. The molecule has 0 fully saturated rings. The molecule has 0 saturated heterocycles. The van der Waals surface area contributed by atoms with Crippen LogP contribution in [-0.4, -0.2) is 19.8 Å². The van der Waals surface area contributed by atoms with E-state index in [0.717, 1.165) is 16.3 Å². The van der Waals surface area contributed by atoms with Gasteiger partial charge in [0.25, 0.3) is 0 Å². The van der Waals surface area contributed by atoms with Crippen molar-refractivity contribution in [1.29, 1.82) is 0 Å². The van der Waals surface area contributed by atoms with Crippen molar-refractivity contribution in [3.63, 3.8) is 0 Å². The van der Waals surface area contributed by atoms with E-state index in [9.17, 15) is 4.39 Å². The number of hydrogen-bond donors (Lipinski definition) is 0. The van der Waals surface area contributed by atoms with Gasteiger partial charge >= 0.3 is 0 Å². The molecule has 2 aromatic heterocycles. The highest BCUT2D eigenvalue weighted by atomic mass is 32.2. The van der Waals surface area contributed by atoms with Crippen molar-refractivity contribution >= 4 is 17.4 Å². The first-order valence-corrected chi connectivity index (χ1v) is 8.84. The van der Waals surface area contributed by atoms with Crippen LogP contribution in [0.2, 0.25) is 0 Å². The second-order valence-electron chi connectivity index (χ2n) is 5.75. The predicted octanol–water partition coefficient (Wildman–Crippen LogP) is 4.53. The van der Waals surface area contributed by atoms with Gasteiger partial charge in [0.05, 0.1) is 0 Å². The molecule has 25 heavy (non-hydrogen) atoms. The number of benzene rings is 2. The van der Waals surface area contributed by atoms with Crippen molar-refractivity contribution in [1.82, 2.24) is 19.8 Å². The number of nitrogens with zero attached hydrogens (tertiary/aromatic N) is 4. The summed E-state index contributed by atoms with van der Waals surface area (Å²) in [5, 5.41) is 13.8. The van der Waals surface area contributed by atoms with Crippen LogP contribution >= 0.6 is 11.8 Å². The van der Waals surface area contributed by atoms with E-state index in [-0.39, 0.29) is 5.82 Å². The van der Waals surface area contributed by atoms with Gasteiger partial charge in [0.1, 0.15) is 10.8 Å². The molecule has 2 aromatic carbocycles. The summed E-state index contributed by atoms with van der Waals surface area (Å²) >= 11 is 1.66. The van der Waals surface area contributed by atoms with Gasteiger partial charge in [-0.3, -0.25) is 0 Å². The lowest BCUT2D eigenvalue weighted by Gasteiger charge is -2.04. The van der Waals surface area contributed by atoms with Crippen LogP contribution in [0.1, 0.15) is 11.1 Å². The Labute approximate surface area is 148 Å². The van der Waals surface area contributed by atoms with Crippen LogP contribution < -0.4 is 0 Å². The fourth-order valence-electron chi connectivity index (χ4n) is 2.47. The molecule has 0 atom stereocenters. The van der Waals surface area contributed by atoms with Gasteiger partial charge in [-0.25, -0.2) is 4.39 Å². The van der Waals surface area contributed by atoms with Crippen LogP contribution in [0.4, 0.5) is 4.39 Å². The average Bonchev–Trinajstić information content (AvgIpc) is 3.05. The highest BCUT2D eigenvalue weighted by Crippen LogP contribution is 2.23. The Hall–Kier alpha value is -2.73. The molecule has 4 nitrogen and oxygen atoms in total. The molecule has 0 amide bonds. The van der Waals surface area contributed by atoms with Gasteiger partial charge in [-0.2, -0.15) is 9.61 Å². The van der Waals surface area contributed by atoms with E-state index in [4.69, 9.17) is 0 Å². The molecular weight excluding hydrogens is 335 g/mol. The number of aryl methyl sites for hydroxylation is 1. The number of hydrogen-bond acceptors (Lipinski definition) is 4. The zero-order valence-corrected chi connectivity index (χ0v) is 14.4. The monoisotopic (exact) mass is 350 g/mol. The second-order valence-corrected chi connectivity index (χ2v) is 6.74. The Balaban J connectivity index is 1.61. The van der Waals surface area contributed by atoms with E-state index < -0.39 is 0 Å². The molecule has 0 unspecified atom stereocenters. The quantitative estimate of drug-likeness (QED) is 0.507. The summed E-state index contributed by atoms with van der Waals surface area (Å²) in [4.78, 5) is 0. The first-order chi connectivity index (χ1) is 12.2. The molecule has 0 saturated carbocycles. The van der Waals surface area contributed by atoms with E-state index in [2.05, 4.69) is 46.5 Å². The number of rotatable bonds is 4. The maximum absolute atomic E-state index is 13.1. The first-order valence-electron chi connectivity index (χ1n) is 7.86. The van der Waals surface area contributed by atoms with Gasteiger partial charge in [0, 0.05) is 11.3 Å². The van der Waals surface area contributed by atoms with Crippen molar-refractivity contribution in [3.8, 4) is 11.4 Å². The fourth-order valence-corrected chi connectivity index (χ4v) is 3.28.